The van der Waals surface area contributed by atoms with E-state index in [1.54, 1.807) is 0 Å². The zero-order chi connectivity index (χ0) is 13.7. The Labute approximate surface area is 115 Å². The molecule has 0 radical (unpaired) electrons. The summed E-state index contributed by atoms with van der Waals surface area (Å²) in [6, 6.07) is 8.60. The highest BCUT2D eigenvalue weighted by atomic mass is 16.5. The van der Waals surface area contributed by atoms with E-state index < -0.39 is 0 Å². The van der Waals surface area contributed by atoms with Crippen molar-refractivity contribution in [2.75, 3.05) is 20.2 Å². The lowest BCUT2D eigenvalue weighted by Crippen LogP contribution is -2.44. The van der Waals surface area contributed by atoms with Crippen LogP contribution in [0.5, 0.6) is 0 Å². The standard InChI is InChI=1S/C16H23NO2/c1-3-13-4-6-14(7-5-13)12-16(15(18)19-2)8-10-17-11-9-16/h4-7,17H,3,8-12H2,1-2H3. The van der Waals surface area contributed by atoms with Gasteiger partial charge >= 0.3 is 5.97 Å². The van der Waals surface area contributed by atoms with Crippen LogP contribution in [0.4, 0.5) is 0 Å². The molecule has 1 heterocycles. The highest BCUT2D eigenvalue weighted by Crippen LogP contribution is 2.34. The molecule has 0 saturated carbocycles. The van der Waals surface area contributed by atoms with E-state index in [4.69, 9.17) is 4.74 Å². The molecule has 0 aromatic heterocycles. The molecule has 0 bridgehead atoms. The first kappa shape index (κ1) is 14.1. The summed E-state index contributed by atoms with van der Waals surface area (Å²) < 4.78 is 5.04. The summed E-state index contributed by atoms with van der Waals surface area (Å²) in [6.45, 7) is 3.93. The summed E-state index contributed by atoms with van der Waals surface area (Å²) in [6.07, 6.45) is 3.54. The van der Waals surface area contributed by atoms with E-state index in [1.165, 1.54) is 18.2 Å². The third kappa shape index (κ3) is 3.16. The molecular formula is C16H23NO2. The summed E-state index contributed by atoms with van der Waals surface area (Å²) >= 11 is 0. The number of esters is 1. The van der Waals surface area contributed by atoms with E-state index in [1.807, 2.05) is 0 Å². The van der Waals surface area contributed by atoms with Crippen molar-refractivity contribution in [3.8, 4) is 0 Å². The predicted molar refractivity (Wildman–Crippen MR) is 76.1 cm³/mol. The third-order valence-electron chi connectivity index (χ3n) is 4.15. The van der Waals surface area contributed by atoms with Gasteiger partial charge in [-0.05, 0) is 49.9 Å². The molecule has 3 heteroatoms. The fraction of sp³-hybridized carbons (Fsp3) is 0.562. The van der Waals surface area contributed by atoms with Gasteiger partial charge in [-0.2, -0.15) is 0 Å². The number of hydrogen-bond acceptors (Lipinski definition) is 3. The molecule has 1 saturated heterocycles. The minimum absolute atomic E-state index is 0.0615. The van der Waals surface area contributed by atoms with Crippen LogP contribution in [0.2, 0.25) is 0 Å². The summed E-state index contributed by atoms with van der Waals surface area (Å²) in [5.74, 6) is -0.0615. The SMILES string of the molecule is CCc1ccc(CC2(C(=O)OC)CCNCC2)cc1. The molecule has 1 aromatic rings. The second-order valence-electron chi connectivity index (χ2n) is 5.37. The van der Waals surface area contributed by atoms with Gasteiger partial charge in [-0.1, -0.05) is 31.2 Å². The number of piperidine rings is 1. The average Bonchev–Trinajstić information content (AvgIpc) is 2.48. The molecule has 0 amide bonds. The number of nitrogens with one attached hydrogen (secondary N) is 1. The zero-order valence-corrected chi connectivity index (χ0v) is 11.9. The van der Waals surface area contributed by atoms with E-state index in [-0.39, 0.29) is 11.4 Å². The highest BCUT2D eigenvalue weighted by molar-refractivity contribution is 5.77. The van der Waals surface area contributed by atoms with Crippen LogP contribution in [0, 0.1) is 5.41 Å². The topological polar surface area (TPSA) is 38.3 Å². The molecule has 0 spiro atoms. The van der Waals surface area contributed by atoms with Gasteiger partial charge in [0.15, 0.2) is 0 Å². The number of rotatable bonds is 4. The van der Waals surface area contributed by atoms with Gasteiger partial charge < -0.3 is 10.1 Å². The maximum Gasteiger partial charge on any atom is 0.312 e. The molecule has 19 heavy (non-hydrogen) atoms. The first-order chi connectivity index (χ1) is 9.20. The van der Waals surface area contributed by atoms with Crippen molar-refractivity contribution in [2.24, 2.45) is 5.41 Å². The van der Waals surface area contributed by atoms with Crippen molar-refractivity contribution < 1.29 is 9.53 Å². The van der Waals surface area contributed by atoms with Gasteiger partial charge in [0.2, 0.25) is 0 Å². The molecule has 3 nitrogen and oxygen atoms in total. The Morgan fingerprint density at radius 1 is 1.21 bits per heavy atom. The van der Waals surface area contributed by atoms with Crippen molar-refractivity contribution in [1.29, 1.82) is 0 Å². The maximum atomic E-state index is 12.2. The Bertz CT molecular complexity index is 419. The first-order valence-electron chi connectivity index (χ1n) is 7.07. The van der Waals surface area contributed by atoms with Crippen molar-refractivity contribution in [3.63, 3.8) is 0 Å². The molecule has 2 rings (SSSR count). The zero-order valence-electron chi connectivity index (χ0n) is 11.9. The maximum absolute atomic E-state index is 12.2. The fourth-order valence-corrected chi connectivity index (χ4v) is 2.86. The second-order valence-corrected chi connectivity index (χ2v) is 5.37. The molecule has 104 valence electrons. The van der Waals surface area contributed by atoms with Crippen molar-refractivity contribution >= 4 is 5.97 Å². The Morgan fingerprint density at radius 3 is 2.32 bits per heavy atom. The number of carbonyl (C=O) groups excluding carboxylic acids is 1. The van der Waals surface area contributed by atoms with E-state index in [0.717, 1.165) is 38.8 Å². The minimum Gasteiger partial charge on any atom is -0.469 e. The highest BCUT2D eigenvalue weighted by Gasteiger charge is 2.40. The van der Waals surface area contributed by atoms with E-state index in [2.05, 4.69) is 36.5 Å². The second kappa shape index (κ2) is 6.20. The molecule has 1 aliphatic heterocycles. The van der Waals surface area contributed by atoms with Gasteiger partial charge in [0, 0.05) is 0 Å². The van der Waals surface area contributed by atoms with Crippen molar-refractivity contribution in [2.45, 2.75) is 32.6 Å². The number of ether oxygens (including phenoxy) is 1. The van der Waals surface area contributed by atoms with Crippen molar-refractivity contribution in [1.82, 2.24) is 5.32 Å². The van der Waals surface area contributed by atoms with Crippen LogP contribution in [0.25, 0.3) is 0 Å². The van der Waals surface area contributed by atoms with Gasteiger partial charge in [0.1, 0.15) is 0 Å². The lowest BCUT2D eigenvalue weighted by molar-refractivity contribution is -0.154. The number of benzene rings is 1. The smallest absolute Gasteiger partial charge is 0.312 e. The first-order valence-corrected chi connectivity index (χ1v) is 7.07. The number of carbonyl (C=O) groups is 1. The molecule has 1 N–H and O–H groups in total. The van der Waals surface area contributed by atoms with Crippen LogP contribution in [0.1, 0.15) is 30.9 Å². The molecule has 0 atom stereocenters. The normalized spacial score (nSPS) is 18.0. The third-order valence-corrected chi connectivity index (χ3v) is 4.15. The van der Waals surface area contributed by atoms with Crippen LogP contribution in [0.3, 0.4) is 0 Å². The molecule has 1 aliphatic rings. The quantitative estimate of drug-likeness (QED) is 0.845. The van der Waals surface area contributed by atoms with Crippen LogP contribution in [-0.2, 0) is 22.4 Å². The predicted octanol–water partition coefficient (Wildman–Crippen LogP) is 2.33. The summed E-state index contributed by atoms with van der Waals surface area (Å²) in [5.41, 5.74) is 2.22. The number of hydrogen-bond donors (Lipinski definition) is 1. The molecular weight excluding hydrogens is 238 g/mol. The average molecular weight is 261 g/mol. The minimum atomic E-state index is -0.340. The molecule has 0 aliphatic carbocycles. The lowest BCUT2D eigenvalue weighted by atomic mass is 9.74. The Morgan fingerprint density at radius 2 is 1.79 bits per heavy atom. The Hall–Kier alpha value is -1.35. The summed E-state index contributed by atoms with van der Waals surface area (Å²) in [7, 11) is 1.49. The van der Waals surface area contributed by atoms with Gasteiger partial charge in [0.25, 0.3) is 0 Å². The van der Waals surface area contributed by atoms with Crippen LogP contribution < -0.4 is 5.32 Å². The van der Waals surface area contributed by atoms with E-state index >= 15 is 0 Å². The van der Waals surface area contributed by atoms with E-state index in [9.17, 15) is 4.79 Å². The van der Waals surface area contributed by atoms with Gasteiger partial charge in [0.05, 0.1) is 12.5 Å². The van der Waals surface area contributed by atoms with Gasteiger partial charge in [-0.15, -0.1) is 0 Å². The Kier molecular flexibility index (Phi) is 4.59. The summed E-state index contributed by atoms with van der Waals surface area (Å²) in [5, 5.41) is 3.31. The molecule has 0 unspecified atom stereocenters. The fourth-order valence-electron chi connectivity index (χ4n) is 2.86. The molecule has 1 aromatic carbocycles. The monoisotopic (exact) mass is 261 g/mol. The number of methoxy groups -OCH3 is 1. The van der Waals surface area contributed by atoms with E-state index in [0.29, 0.717) is 0 Å². The van der Waals surface area contributed by atoms with Crippen LogP contribution >= 0.6 is 0 Å². The van der Waals surface area contributed by atoms with Gasteiger partial charge in [-0.25, -0.2) is 0 Å². The summed E-state index contributed by atoms with van der Waals surface area (Å²) in [4.78, 5) is 12.2. The number of aryl methyl sites for hydroxylation is 1. The van der Waals surface area contributed by atoms with Crippen LogP contribution in [0.15, 0.2) is 24.3 Å². The van der Waals surface area contributed by atoms with Crippen molar-refractivity contribution in [3.05, 3.63) is 35.4 Å². The molecule has 1 fully saturated rings. The van der Waals surface area contributed by atoms with Crippen LogP contribution in [-0.4, -0.2) is 26.2 Å². The Balaban J connectivity index is 2.17. The van der Waals surface area contributed by atoms with Gasteiger partial charge in [-0.3, -0.25) is 4.79 Å². The lowest BCUT2D eigenvalue weighted by Gasteiger charge is -2.35. The largest absolute Gasteiger partial charge is 0.469 e.